The third kappa shape index (κ3) is 15.5. The quantitative estimate of drug-likeness (QED) is 0.151. The number of ether oxygens (including phenoxy) is 1. The topological polar surface area (TPSA) is 42.6 Å². The number of rotatable bonds is 9. The van der Waals surface area contributed by atoms with E-state index in [1.165, 1.54) is 40.3 Å². The van der Waals surface area contributed by atoms with Crippen LogP contribution in [0, 0.1) is 64.2 Å². The first-order chi connectivity index (χ1) is 27.1. The van der Waals surface area contributed by atoms with E-state index in [-0.39, 0.29) is 32.1 Å². The van der Waals surface area contributed by atoms with E-state index in [0.29, 0.717) is 0 Å². The van der Waals surface area contributed by atoms with Gasteiger partial charge < -0.3 is 14.3 Å². The number of allylic oxidation sites excluding steroid dienone is 1. The van der Waals surface area contributed by atoms with Crippen LogP contribution in [0.4, 0.5) is 0 Å². The molecule has 4 aromatic carbocycles. The van der Waals surface area contributed by atoms with Gasteiger partial charge in [0, 0.05) is 45.0 Å². The maximum Gasteiger partial charge on any atom is 0.285 e. The minimum atomic E-state index is -1.22. The molecule has 3 fully saturated rings. The minimum absolute atomic E-state index is 0. The Kier molecular flexibility index (Phi) is 23.6. The molecule has 1 aliphatic heterocycles. The zero-order chi connectivity index (χ0) is 38.8. The SMILES string of the molecule is C1CCOC1.CCC/C(C)=C/c1cc(CCC)c(O)o1.[CH]1[CH][CH][CH][CH]1.[CH]1[CH][CH][CH][CH]1.[Zr].c1ccc([B-](c2ccccc2)(c2ccccc2)c2ccccc2)cc1. The zero-order valence-corrected chi connectivity index (χ0v) is 35.9. The molecule has 10 radical (unpaired) electrons. The van der Waals surface area contributed by atoms with E-state index in [1.54, 1.807) is 0 Å². The van der Waals surface area contributed by atoms with Gasteiger partial charge >= 0.3 is 0 Å². The van der Waals surface area contributed by atoms with Crippen molar-refractivity contribution >= 4 is 34.1 Å². The predicted molar refractivity (Wildman–Crippen MR) is 236 cm³/mol. The molecule has 3 aliphatic rings. The zero-order valence-electron chi connectivity index (χ0n) is 33.5. The summed E-state index contributed by atoms with van der Waals surface area (Å²) in [5.41, 5.74) is 7.55. The van der Waals surface area contributed by atoms with Gasteiger partial charge in [-0.05, 0) is 109 Å². The molecule has 0 bridgehead atoms. The molecule has 0 amide bonds. The average molecular weight is 821 g/mol. The minimum Gasteiger partial charge on any atom is -0.480 e. The fraction of sp³-hybridized carbons (Fsp3) is 0.216. The summed E-state index contributed by atoms with van der Waals surface area (Å²) in [5, 5.41) is 9.51. The van der Waals surface area contributed by atoms with Crippen LogP contribution in [-0.2, 0) is 37.4 Å². The summed E-state index contributed by atoms with van der Waals surface area (Å²) in [7, 11) is 0. The van der Waals surface area contributed by atoms with Gasteiger partial charge in [0.15, 0.2) is 0 Å². The molecule has 1 aromatic heterocycles. The molecule has 0 unspecified atom stereocenters. The van der Waals surface area contributed by atoms with Crippen molar-refractivity contribution < 1.29 is 40.5 Å². The fourth-order valence-electron chi connectivity index (χ4n) is 6.94. The Hall–Kier alpha value is -3.39. The second-order valence-corrected chi connectivity index (χ2v) is 13.7. The summed E-state index contributed by atoms with van der Waals surface area (Å²) in [6.45, 7) is 8.33. The summed E-state index contributed by atoms with van der Waals surface area (Å²) in [5.74, 6) is 0.842. The van der Waals surface area contributed by atoms with Crippen LogP contribution in [0.3, 0.4) is 0 Å². The predicted octanol–water partition coefficient (Wildman–Crippen LogP) is 10.0. The van der Waals surface area contributed by atoms with Crippen LogP contribution in [-0.4, -0.2) is 24.5 Å². The normalized spacial score (nSPS) is 14.7. The van der Waals surface area contributed by atoms with Crippen LogP contribution in [0.15, 0.2) is 137 Å². The maximum atomic E-state index is 9.51. The van der Waals surface area contributed by atoms with Gasteiger partial charge in [0.25, 0.3) is 5.95 Å². The second-order valence-electron chi connectivity index (χ2n) is 13.7. The molecule has 1 saturated heterocycles. The van der Waals surface area contributed by atoms with Crippen molar-refractivity contribution in [3.05, 3.63) is 208 Å². The van der Waals surface area contributed by atoms with E-state index in [1.807, 2.05) is 76.4 Å². The van der Waals surface area contributed by atoms with Crippen molar-refractivity contribution in [1.29, 1.82) is 0 Å². The van der Waals surface area contributed by atoms with Crippen LogP contribution in [0.1, 0.15) is 64.2 Å². The third-order valence-electron chi connectivity index (χ3n) is 9.49. The van der Waals surface area contributed by atoms with Gasteiger partial charge in [-0.25, -0.2) is 0 Å². The Morgan fingerprint density at radius 1 is 0.571 bits per heavy atom. The fourth-order valence-corrected chi connectivity index (χ4v) is 6.94. The standard InChI is InChI=1S/C24H20B.C13H20O2.2C5H5.C4H8O.Zr/c1-5-13-21(14-6-1)25(22-15-7-2-8-16-22,23-17-9-3-10-18-23)24-19-11-4-12-20-24;1-4-6-10(3)8-12-9-11(7-5-2)13(14)15-12;3*1-2-4-5-3-1;/h1-20H;8-9,14H,4-7H2,1-3H3;2*1-5H;1-4H2;/q-1;;;;;/b;10-8+;;;;. The Balaban J connectivity index is 0.000000227. The number of aryl methyl sites for hydroxylation is 1. The Morgan fingerprint density at radius 3 is 1.21 bits per heavy atom. The molecule has 0 spiro atoms. The van der Waals surface area contributed by atoms with Crippen LogP contribution < -0.4 is 21.9 Å². The molecule has 8 rings (SSSR count). The molecule has 56 heavy (non-hydrogen) atoms. The first kappa shape index (κ1) is 47.0. The first-order valence-corrected chi connectivity index (χ1v) is 19.9. The van der Waals surface area contributed by atoms with E-state index in [9.17, 15) is 5.11 Å². The number of aromatic hydroxyl groups is 1. The van der Waals surface area contributed by atoms with Gasteiger partial charge in [0.1, 0.15) is 11.9 Å². The van der Waals surface area contributed by atoms with Crippen LogP contribution >= 0.6 is 0 Å². The van der Waals surface area contributed by atoms with Gasteiger partial charge in [0.05, 0.1) is 0 Å². The van der Waals surface area contributed by atoms with Crippen LogP contribution in [0.25, 0.3) is 6.08 Å². The van der Waals surface area contributed by atoms with Gasteiger partial charge in [0.2, 0.25) is 0 Å². The van der Waals surface area contributed by atoms with Crippen molar-refractivity contribution in [3.63, 3.8) is 0 Å². The van der Waals surface area contributed by atoms with E-state index >= 15 is 0 Å². The summed E-state index contributed by atoms with van der Waals surface area (Å²) in [6.07, 6.45) is 27.4. The first-order valence-electron chi connectivity index (χ1n) is 19.9. The van der Waals surface area contributed by atoms with Gasteiger partial charge in [-0.1, -0.05) is 154 Å². The summed E-state index contributed by atoms with van der Waals surface area (Å²) in [4.78, 5) is 0. The number of hydrogen-bond donors (Lipinski definition) is 1. The van der Waals surface area contributed by atoms with Crippen molar-refractivity contribution in [3.8, 4) is 5.95 Å². The van der Waals surface area contributed by atoms with Crippen molar-refractivity contribution in [1.82, 2.24) is 0 Å². The molecule has 2 saturated carbocycles. The third-order valence-corrected chi connectivity index (χ3v) is 9.49. The Bertz CT molecular complexity index is 1500. The average Bonchev–Trinajstić information content (AvgIpc) is 4.10. The van der Waals surface area contributed by atoms with E-state index < -0.39 is 6.15 Å². The molecular formula is C51H58BO3Zr-. The van der Waals surface area contributed by atoms with Crippen LogP contribution in [0.2, 0.25) is 0 Å². The maximum absolute atomic E-state index is 9.51. The van der Waals surface area contributed by atoms with Gasteiger partial charge in [-0.15, -0.1) is 0 Å². The van der Waals surface area contributed by atoms with Crippen molar-refractivity contribution in [2.45, 2.75) is 59.3 Å². The van der Waals surface area contributed by atoms with Crippen molar-refractivity contribution in [2.75, 3.05) is 13.2 Å². The van der Waals surface area contributed by atoms with Crippen molar-refractivity contribution in [2.24, 2.45) is 0 Å². The monoisotopic (exact) mass is 819 g/mol. The number of benzene rings is 4. The van der Waals surface area contributed by atoms with Gasteiger partial charge in [-0.3, -0.25) is 0 Å². The Labute approximate surface area is 359 Å². The molecule has 2 aliphatic carbocycles. The molecular weight excluding hydrogens is 763 g/mol. The van der Waals surface area contributed by atoms with E-state index in [0.717, 1.165) is 50.2 Å². The smallest absolute Gasteiger partial charge is 0.285 e. The van der Waals surface area contributed by atoms with E-state index in [4.69, 9.17) is 9.15 Å². The molecule has 5 heteroatoms. The summed E-state index contributed by atoms with van der Waals surface area (Å²) >= 11 is 0. The molecule has 288 valence electrons. The number of hydrogen-bond acceptors (Lipinski definition) is 3. The number of furan rings is 1. The van der Waals surface area contributed by atoms with Crippen LogP contribution in [0.5, 0.6) is 5.95 Å². The van der Waals surface area contributed by atoms with Gasteiger partial charge in [-0.2, -0.15) is 21.9 Å². The molecule has 2 heterocycles. The van der Waals surface area contributed by atoms with E-state index in [2.05, 4.69) is 142 Å². The molecule has 0 atom stereocenters. The molecule has 3 nitrogen and oxygen atoms in total. The Morgan fingerprint density at radius 2 is 0.929 bits per heavy atom. The largest absolute Gasteiger partial charge is 0.480 e. The summed E-state index contributed by atoms with van der Waals surface area (Å²) in [6, 6.07) is 45.5. The second kappa shape index (κ2) is 28.1. The summed E-state index contributed by atoms with van der Waals surface area (Å²) < 4.78 is 10.2. The molecule has 1 N–H and O–H groups in total. The molecule has 5 aromatic rings.